The van der Waals surface area contributed by atoms with E-state index in [1.165, 1.54) is 0 Å². The zero-order valence-electron chi connectivity index (χ0n) is 20.0. The van der Waals surface area contributed by atoms with Crippen molar-refractivity contribution in [3.05, 3.63) is 12.2 Å². The summed E-state index contributed by atoms with van der Waals surface area (Å²) < 4.78 is 22.2. The normalized spacial score (nSPS) is 26.9. The van der Waals surface area contributed by atoms with Gasteiger partial charge in [0.2, 0.25) is 0 Å². The third-order valence-corrected chi connectivity index (χ3v) is 4.03. The fourth-order valence-corrected chi connectivity index (χ4v) is 3.10. The molecule has 1 aliphatic carbocycles. The SMILES string of the molecule is CC(C)(C)OC(=O)CC1/C=C/C(OC(=O)OC(C)(C)C)CC(OC(C)(C)C)C(O)C1. The van der Waals surface area contributed by atoms with Gasteiger partial charge in [-0.15, -0.1) is 0 Å². The summed E-state index contributed by atoms with van der Waals surface area (Å²) in [5.74, 6) is -0.617. The van der Waals surface area contributed by atoms with Crippen molar-refractivity contribution in [2.75, 3.05) is 0 Å². The molecule has 0 saturated carbocycles. The summed E-state index contributed by atoms with van der Waals surface area (Å²) in [5, 5.41) is 10.8. The minimum atomic E-state index is -0.827. The van der Waals surface area contributed by atoms with E-state index in [9.17, 15) is 14.7 Å². The number of carbonyl (C=O) groups is 2. The number of hydrogen-bond donors (Lipinski definition) is 1. The first kappa shape index (κ1) is 26.4. The molecule has 0 aromatic heterocycles. The topological polar surface area (TPSA) is 91.3 Å². The zero-order chi connectivity index (χ0) is 23.3. The van der Waals surface area contributed by atoms with Crippen LogP contribution in [0.2, 0.25) is 0 Å². The van der Waals surface area contributed by atoms with Crippen molar-refractivity contribution in [2.45, 2.75) is 117 Å². The third-order valence-electron chi connectivity index (χ3n) is 4.03. The lowest BCUT2D eigenvalue weighted by Gasteiger charge is -2.35. The molecule has 0 saturated heterocycles. The molecule has 0 aromatic rings. The average Bonchev–Trinajstić information content (AvgIpc) is 2.45. The molecule has 0 heterocycles. The maximum atomic E-state index is 12.3. The highest BCUT2D eigenvalue weighted by Crippen LogP contribution is 2.28. The quantitative estimate of drug-likeness (QED) is 0.519. The molecule has 174 valence electrons. The molecule has 0 fully saturated rings. The Kier molecular flexibility index (Phi) is 8.93. The average molecular weight is 429 g/mol. The maximum absolute atomic E-state index is 12.3. The summed E-state index contributed by atoms with van der Waals surface area (Å²) in [6.45, 7) is 16.4. The zero-order valence-corrected chi connectivity index (χ0v) is 20.0. The summed E-state index contributed by atoms with van der Waals surface area (Å²) >= 11 is 0. The molecule has 0 radical (unpaired) electrons. The van der Waals surface area contributed by atoms with Gasteiger partial charge in [-0.2, -0.15) is 0 Å². The Labute approximate surface area is 181 Å². The summed E-state index contributed by atoms with van der Waals surface area (Å²) in [7, 11) is 0. The number of carbonyl (C=O) groups excluding carboxylic acids is 2. The predicted molar refractivity (Wildman–Crippen MR) is 114 cm³/mol. The van der Waals surface area contributed by atoms with E-state index in [2.05, 4.69) is 0 Å². The molecule has 1 aliphatic rings. The lowest BCUT2D eigenvalue weighted by Crippen LogP contribution is -2.41. The molecule has 0 aliphatic heterocycles. The molecule has 0 bridgehead atoms. The van der Waals surface area contributed by atoms with Crippen LogP contribution in [0.3, 0.4) is 0 Å². The second-order valence-corrected chi connectivity index (χ2v) is 10.9. The minimum Gasteiger partial charge on any atom is -0.460 e. The van der Waals surface area contributed by atoms with Crippen LogP contribution in [-0.4, -0.2) is 52.3 Å². The van der Waals surface area contributed by atoms with Crippen molar-refractivity contribution >= 4 is 12.1 Å². The second kappa shape index (κ2) is 10.1. The highest BCUT2D eigenvalue weighted by molar-refractivity contribution is 5.70. The van der Waals surface area contributed by atoms with Gasteiger partial charge in [-0.3, -0.25) is 4.79 Å². The first-order chi connectivity index (χ1) is 13.4. The molecule has 0 spiro atoms. The van der Waals surface area contributed by atoms with Crippen LogP contribution in [0.5, 0.6) is 0 Å². The highest BCUT2D eigenvalue weighted by Gasteiger charge is 2.34. The molecule has 4 atom stereocenters. The third kappa shape index (κ3) is 11.6. The standard InChI is InChI=1S/C23H40O7/c1-21(2,3)28-18-14-16(27-20(26)30-23(7,8)9)11-10-15(12-17(18)24)13-19(25)29-22(4,5)6/h10-11,15-18,24H,12-14H2,1-9H3/b11-10+. The molecular formula is C23H40O7. The van der Waals surface area contributed by atoms with E-state index in [1.807, 2.05) is 41.5 Å². The molecule has 30 heavy (non-hydrogen) atoms. The number of ether oxygens (including phenoxy) is 4. The smallest absolute Gasteiger partial charge is 0.460 e. The monoisotopic (exact) mass is 428 g/mol. The van der Waals surface area contributed by atoms with Crippen LogP contribution in [-0.2, 0) is 23.7 Å². The van der Waals surface area contributed by atoms with E-state index in [0.717, 1.165) is 0 Å². The lowest BCUT2D eigenvalue weighted by atomic mass is 9.89. The largest absolute Gasteiger partial charge is 0.509 e. The number of esters is 1. The Morgan fingerprint density at radius 1 is 0.867 bits per heavy atom. The fourth-order valence-electron chi connectivity index (χ4n) is 3.10. The molecule has 0 amide bonds. The number of allylic oxidation sites excluding steroid dienone is 1. The van der Waals surface area contributed by atoms with Gasteiger partial charge in [-0.25, -0.2) is 4.79 Å². The van der Waals surface area contributed by atoms with Crippen molar-refractivity contribution in [3.63, 3.8) is 0 Å². The Bertz CT molecular complexity index is 605. The van der Waals surface area contributed by atoms with E-state index in [-0.39, 0.29) is 24.7 Å². The van der Waals surface area contributed by atoms with Crippen LogP contribution in [0.1, 0.15) is 81.6 Å². The van der Waals surface area contributed by atoms with E-state index in [0.29, 0.717) is 6.42 Å². The van der Waals surface area contributed by atoms with Gasteiger partial charge in [-0.1, -0.05) is 6.08 Å². The van der Waals surface area contributed by atoms with Gasteiger partial charge in [-0.05, 0) is 80.7 Å². The first-order valence-corrected chi connectivity index (χ1v) is 10.6. The van der Waals surface area contributed by atoms with Crippen molar-refractivity contribution in [1.29, 1.82) is 0 Å². The second-order valence-electron chi connectivity index (χ2n) is 10.9. The molecule has 1 rings (SSSR count). The Morgan fingerprint density at radius 2 is 1.43 bits per heavy atom. The maximum Gasteiger partial charge on any atom is 0.509 e. The van der Waals surface area contributed by atoms with Crippen LogP contribution in [0.15, 0.2) is 12.2 Å². The van der Waals surface area contributed by atoms with Crippen LogP contribution in [0.4, 0.5) is 4.79 Å². The first-order valence-electron chi connectivity index (χ1n) is 10.6. The van der Waals surface area contributed by atoms with Gasteiger partial charge in [0.15, 0.2) is 0 Å². The van der Waals surface area contributed by atoms with Crippen LogP contribution >= 0.6 is 0 Å². The molecular weight excluding hydrogens is 388 g/mol. The van der Waals surface area contributed by atoms with E-state index in [1.54, 1.807) is 32.9 Å². The van der Waals surface area contributed by atoms with Gasteiger partial charge in [0.25, 0.3) is 0 Å². The fraction of sp³-hybridized carbons (Fsp3) is 0.826. The number of rotatable bonds is 4. The Morgan fingerprint density at radius 3 is 1.93 bits per heavy atom. The predicted octanol–water partition coefficient (Wildman–Crippen LogP) is 4.55. The van der Waals surface area contributed by atoms with Crippen molar-refractivity contribution < 1.29 is 33.6 Å². The minimum absolute atomic E-state index is 0.117. The summed E-state index contributed by atoms with van der Waals surface area (Å²) in [5.41, 5.74) is -1.75. The summed E-state index contributed by atoms with van der Waals surface area (Å²) in [6.07, 6.45) is 1.46. The van der Waals surface area contributed by atoms with Gasteiger partial charge in [0.1, 0.15) is 17.3 Å². The highest BCUT2D eigenvalue weighted by atomic mass is 16.7. The van der Waals surface area contributed by atoms with E-state index < -0.39 is 41.3 Å². The number of hydrogen-bond acceptors (Lipinski definition) is 7. The summed E-state index contributed by atoms with van der Waals surface area (Å²) in [6, 6.07) is 0. The van der Waals surface area contributed by atoms with E-state index in [4.69, 9.17) is 18.9 Å². The van der Waals surface area contributed by atoms with Crippen LogP contribution < -0.4 is 0 Å². The molecule has 7 heteroatoms. The van der Waals surface area contributed by atoms with Gasteiger partial charge < -0.3 is 24.1 Å². The van der Waals surface area contributed by atoms with Crippen molar-refractivity contribution in [1.82, 2.24) is 0 Å². The lowest BCUT2D eigenvalue weighted by molar-refractivity contribution is -0.156. The van der Waals surface area contributed by atoms with Gasteiger partial charge >= 0.3 is 12.1 Å². The van der Waals surface area contributed by atoms with E-state index >= 15 is 0 Å². The molecule has 4 unspecified atom stereocenters. The van der Waals surface area contributed by atoms with Gasteiger partial charge in [0.05, 0.1) is 24.2 Å². The van der Waals surface area contributed by atoms with Crippen LogP contribution in [0, 0.1) is 5.92 Å². The Balaban J connectivity index is 2.99. The molecule has 7 nitrogen and oxygen atoms in total. The summed E-state index contributed by atoms with van der Waals surface area (Å²) in [4.78, 5) is 24.4. The number of aliphatic hydroxyl groups excluding tert-OH is 1. The van der Waals surface area contributed by atoms with Crippen molar-refractivity contribution in [2.24, 2.45) is 5.92 Å². The van der Waals surface area contributed by atoms with Gasteiger partial charge in [0, 0.05) is 6.42 Å². The van der Waals surface area contributed by atoms with Crippen LogP contribution in [0.25, 0.3) is 0 Å². The molecule has 0 aromatic carbocycles. The Hall–Kier alpha value is -1.60. The van der Waals surface area contributed by atoms with Crippen molar-refractivity contribution in [3.8, 4) is 0 Å². The molecule has 1 N–H and O–H groups in total. The number of aliphatic hydroxyl groups is 1.